The summed E-state index contributed by atoms with van der Waals surface area (Å²) in [4.78, 5) is 29.1. The summed E-state index contributed by atoms with van der Waals surface area (Å²) in [5, 5.41) is 6.82. The summed E-state index contributed by atoms with van der Waals surface area (Å²) in [5.41, 5.74) is 2.50. The molecule has 3 rings (SSSR count). The first-order chi connectivity index (χ1) is 13.0. The van der Waals surface area contributed by atoms with Crippen molar-refractivity contribution in [1.82, 2.24) is 0 Å². The Balaban J connectivity index is 1.68. The molecule has 7 nitrogen and oxygen atoms in total. The number of nitrogens with one attached hydrogen (secondary N) is 1. The Morgan fingerprint density at radius 2 is 1.85 bits per heavy atom. The predicted molar refractivity (Wildman–Crippen MR) is 101 cm³/mol. The first-order valence-electron chi connectivity index (χ1n) is 8.39. The maximum atomic E-state index is 12.5. The summed E-state index contributed by atoms with van der Waals surface area (Å²) in [6.07, 6.45) is -0.440. The molecule has 1 amide bonds. The third-order valence-electron chi connectivity index (χ3n) is 4.23. The van der Waals surface area contributed by atoms with Crippen LogP contribution in [0.5, 0.6) is 11.5 Å². The van der Waals surface area contributed by atoms with E-state index in [0.717, 1.165) is 5.56 Å². The van der Waals surface area contributed by atoms with Gasteiger partial charge in [0.25, 0.3) is 5.91 Å². The van der Waals surface area contributed by atoms with Gasteiger partial charge in [-0.25, -0.2) is 0 Å². The number of oxime groups is 1. The first-order valence-corrected chi connectivity index (χ1v) is 8.39. The zero-order chi connectivity index (χ0) is 19.4. The Bertz CT molecular complexity index is 890. The molecular formula is C20H20N2O5. The highest BCUT2D eigenvalue weighted by molar-refractivity contribution is 6.08. The van der Waals surface area contributed by atoms with Gasteiger partial charge in [-0.05, 0) is 43.3 Å². The number of rotatable bonds is 6. The van der Waals surface area contributed by atoms with E-state index in [1.165, 1.54) is 6.92 Å². The normalized spacial score (nSPS) is 15.5. The van der Waals surface area contributed by atoms with E-state index in [4.69, 9.17) is 14.3 Å². The molecular weight excluding hydrogens is 348 g/mol. The smallest absolute Gasteiger partial charge is 0.268 e. The summed E-state index contributed by atoms with van der Waals surface area (Å²) in [5.74, 6) is 0.780. The maximum absolute atomic E-state index is 12.5. The summed E-state index contributed by atoms with van der Waals surface area (Å²) >= 11 is 0. The molecule has 0 saturated heterocycles. The topological polar surface area (TPSA) is 86.2 Å². The lowest BCUT2D eigenvalue weighted by molar-refractivity contribution is -0.125. The number of para-hydroxylation sites is 1. The summed E-state index contributed by atoms with van der Waals surface area (Å²) < 4.78 is 10.7. The van der Waals surface area contributed by atoms with Crippen LogP contribution >= 0.6 is 0 Å². The van der Waals surface area contributed by atoms with Crippen LogP contribution < -0.4 is 14.8 Å². The lowest BCUT2D eigenvalue weighted by Crippen LogP contribution is -2.28. The van der Waals surface area contributed by atoms with Gasteiger partial charge in [0.05, 0.1) is 19.9 Å². The SMILES string of the molecule is COc1cccc(C2=NOC(C(=O)Nc3ccc(C(C)=O)cc3)C2)c1OC. The van der Waals surface area contributed by atoms with E-state index in [1.54, 1.807) is 44.6 Å². The van der Waals surface area contributed by atoms with Gasteiger partial charge in [-0.1, -0.05) is 11.2 Å². The number of Topliss-reactive ketones (excluding diaryl/α,β-unsaturated/α-hetero) is 1. The minimum atomic E-state index is -0.747. The number of carbonyl (C=O) groups excluding carboxylic acids is 2. The van der Waals surface area contributed by atoms with E-state index < -0.39 is 6.10 Å². The summed E-state index contributed by atoms with van der Waals surface area (Å²) in [6.45, 7) is 1.49. The molecule has 0 fully saturated rings. The molecule has 0 aromatic heterocycles. The molecule has 7 heteroatoms. The Morgan fingerprint density at radius 1 is 1.11 bits per heavy atom. The Morgan fingerprint density at radius 3 is 2.48 bits per heavy atom. The molecule has 1 unspecified atom stereocenters. The average Bonchev–Trinajstić information content (AvgIpc) is 3.17. The van der Waals surface area contributed by atoms with Crippen molar-refractivity contribution in [1.29, 1.82) is 0 Å². The maximum Gasteiger partial charge on any atom is 0.268 e. The molecule has 0 radical (unpaired) electrons. The zero-order valence-corrected chi connectivity index (χ0v) is 15.3. The second kappa shape index (κ2) is 7.90. The second-order valence-corrected chi connectivity index (χ2v) is 6.00. The lowest BCUT2D eigenvalue weighted by Gasteiger charge is -2.12. The molecule has 1 aliphatic heterocycles. The van der Waals surface area contributed by atoms with Gasteiger partial charge in [0.15, 0.2) is 17.3 Å². The van der Waals surface area contributed by atoms with Crippen molar-refractivity contribution in [3.63, 3.8) is 0 Å². The molecule has 0 aliphatic carbocycles. The molecule has 27 heavy (non-hydrogen) atoms. The first kappa shape index (κ1) is 18.4. The molecule has 1 atom stereocenters. The molecule has 0 saturated carbocycles. The van der Waals surface area contributed by atoms with Crippen molar-refractivity contribution < 1.29 is 23.9 Å². The van der Waals surface area contributed by atoms with Gasteiger partial charge in [0, 0.05) is 23.2 Å². The molecule has 1 aliphatic rings. The summed E-state index contributed by atoms with van der Waals surface area (Å²) in [7, 11) is 3.11. The van der Waals surface area contributed by atoms with Gasteiger partial charge in [-0.2, -0.15) is 0 Å². The minimum Gasteiger partial charge on any atom is -0.493 e. The van der Waals surface area contributed by atoms with E-state index in [1.807, 2.05) is 12.1 Å². The van der Waals surface area contributed by atoms with Crippen LogP contribution in [0.1, 0.15) is 29.3 Å². The molecule has 2 aromatic rings. The number of amides is 1. The highest BCUT2D eigenvalue weighted by Crippen LogP contribution is 2.33. The van der Waals surface area contributed by atoms with Gasteiger partial charge >= 0.3 is 0 Å². The highest BCUT2D eigenvalue weighted by atomic mass is 16.6. The Kier molecular flexibility index (Phi) is 5.40. The Hall–Kier alpha value is -3.35. The number of nitrogens with zero attached hydrogens (tertiary/aromatic N) is 1. The largest absolute Gasteiger partial charge is 0.493 e. The van der Waals surface area contributed by atoms with Gasteiger partial charge in [0.1, 0.15) is 0 Å². The van der Waals surface area contributed by atoms with Crippen LogP contribution in [0, 0.1) is 0 Å². The van der Waals surface area contributed by atoms with E-state index in [9.17, 15) is 9.59 Å². The fraction of sp³-hybridized carbons (Fsp3) is 0.250. The molecule has 1 heterocycles. The molecule has 2 aromatic carbocycles. The van der Waals surface area contributed by atoms with Crippen LogP contribution in [0.3, 0.4) is 0 Å². The highest BCUT2D eigenvalue weighted by Gasteiger charge is 2.31. The molecule has 140 valence electrons. The number of methoxy groups -OCH3 is 2. The van der Waals surface area contributed by atoms with Crippen LogP contribution in [0.15, 0.2) is 47.6 Å². The van der Waals surface area contributed by atoms with E-state index in [0.29, 0.717) is 34.9 Å². The fourth-order valence-electron chi connectivity index (χ4n) is 2.80. The number of ether oxygens (including phenoxy) is 2. The number of ketones is 1. The predicted octanol–water partition coefficient (Wildman–Crippen LogP) is 3.04. The standard InChI is InChI=1S/C20H20N2O5/c1-12(23)13-7-9-14(10-8-13)21-20(24)18-11-16(22-27-18)15-5-4-6-17(25-2)19(15)26-3/h4-10,18H,11H2,1-3H3,(H,21,24). The fourth-order valence-corrected chi connectivity index (χ4v) is 2.80. The number of hydrogen-bond acceptors (Lipinski definition) is 6. The van der Waals surface area contributed by atoms with Gasteiger partial charge < -0.3 is 19.6 Å². The van der Waals surface area contributed by atoms with E-state index in [2.05, 4.69) is 10.5 Å². The van der Waals surface area contributed by atoms with E-state index in [-0.39, 0.29) is 11.7 Å². The van der Waals surface area contributed by atoms with Crippen molar-refractivity contribution >= 4 is 23.1 Å². The quantitative estimate of drug-likeness (QED) is 0.792. The summed E-state index contributed by atoms with van der Waals surface area (Å²) in [6, 6.07) is 12.1. The van der Waals surface area contributed by atoms with Crippen LogP contribution in [0.2, 0.25) is 0 Å². The van der Waals surface area contributed by atoms with Crippen molar-refractivity contribution in [2.45, 2.75) is 19.4 Å². The third kappa shape index (κ3) is 3.92. The lowest BCUT2D eigenvalue weighted by atomic mass is 10.0. The second-order valence-electron chi connectivity index (χ2n) is 6.00. The van der Waals surface area contributed by atoms with Crippen molar-refractivity contribution in [2.75, 3.05) is 19.5 Å². The van der Waals surface area contributed by atoms with Crippen molar-refractivity contribution in [2.24, 2.45) is 5.16 Å². The van der Waals surface area contributed by atoms with Crippen LogP contribution in [-0.4, -0.2) is 37.7 Å². The van der Waals surface area contributed by atoms with Crippen molar-refractivity contribution in [3.8, 4) is 11.5 Å². The van der Waals surface area contributed by atoms with E-state index >= 15 is 0 Å². The molecule has 1 N–H and O–H groups in total. The van der Waals surface area contributed by atoms with Crippen LogP contribution in [0.25, 0.3) is 0 Å². The van der Waals surface area contributed by atoms with Crippen LogP contribution in [-0.2, 0) is 9.63 Å². The average molecular weight is 368 g/mol. The monoisotopic (exact) mass is 368 g/mol. The number of anilines is 1. The minimum absolute atomic E-state index is 0.0303. The zero-order valence-electron chi connectivity index (χ0n) is 15.3. The van der Waals surface area contributed by atoms with Gasteiger partial charge in [0.2, 0.25) is 6.10 Å². The molecule has 0 bridgehead atoms. The van der Waals surface area contributed by atoms with Gasteiger partial charge in [-0.3, -0.25) is 9.59 Å². The number of benzene rings is 2. The third-order valence-corrected chi connectivity index (χ3v) is 4.23. The van der Waals surface area contributed by atoms with Gasteiger partial charge in [-0.15, -0.1) is 0 Å². The number of carbonyl (C=O) groups is 2. The molecule has 0 spiro atoms. The van der Waals surface area contributed by atoms with Crippen LogP contribution in [0.4, 0.5) is 5.69 Å². The number of hydrogen-bond donors (Lipinski definition) is 1. The van der Waals surface area contributed by atoms with Crippen molar-refractivity contribution in [3.05, 3.63) is 53.6 Å². The Labute approximate surface area is 156 Å².